The first kappa shape index (κ1) is 9.65. The maximum atomic E-state index is 5.69. The monoisotopic (exact) mass is 237 g/mol. The lowest BCUT2D eigenvalue weighted by atomic mass is 10.0. The van der Waals surface area contributed by atoms with E-state index >= 15 is 0 Å². The van der Waals surface area contributed by atoms with Crippen LogP contribution < -0.4 is 4.74 Å². The number of nitrogens with zero attached hydrogens (tertiary/aromatic N) is 2. The Hall–Kier alpha value is -2.36. The van der Waals surface area contributed by atoms with E-state index in [-0.39, 0.29) is 5.92 Å². The molecule has 1 aromatic carbocycles. The first-order valence-corrected chi connectivity index (χ1v) is 5.93. The van der Waals surface area contributed by atoms with E-state index in [9.17, 15) is 0 Å². The molecular weight excluding hydrogens is 226 g/mol. The van der Waals surface area contributed by atoms with Gasteiger partial charge in [0.1, 0.15) is 18.2 Å². The van der Waals surface area contributed by atoms with Crippen molar-refractivity contribution < 1.29 is 4.74 Å². The van der Waals surface area contributed by atoms with Crippen molar-refractivity contribution in [3.8, 4) is 5.75 Å². The molecule has 3 heterocycles. The molecule has 1 aliphatic rings. The Balaban J connectivity index is 1.85. The van der Waals surface area contributed by atoms with E-state index in [1.165, 1.54) is 5.56 Å². The van der Waals surface area contributed by atoms with Crippen LogP contribution in [-0.4, -0.2) is 21.6 Å². The summed E-state index contributed by atoms with van der Waals surface area (Å²) in [6, 6.07) is 10.0. The second kappa shape index (κ2) is 3.57. The molecular formula is C14H11N3O. The lowest BCUT2D eigenvalue weighted by molar-refractivity contribution is 0.340. The highest BCUT2D eigenvalue weighted by Crippen LogP contribution is 2.36. The number of nitrogens with one attached hydrogen (secondary N) is 1. The van der Waals surface area contributed by atoms with E-state index in [1.807, 2.05) is 24.3 Å². The molecule has 0 spiro atoms. The third-order valence-corrected chi connectivity index (χ3v) is 3.33. The molecule has 4 nitrogen and oxygen atoms in total. The van der Waals surface area contributed by atoms with Crippen molar-refractivity contribution in [2.24, 2.45) is 0 Å². The summed E-state index contributed by atoms with van der Waals surface area (Å²) < 4.78 is 5.69. The van der Waals surface area contributed by atoms with Crippen LogP contribution >= 0.6 is 0 Å². The van der Waals surface area contributed by atoms with Crippen molar-refractivity contribution in [2.45, 2.75) is 5.92 Å². The number of aromatic nitrogens is 3. The van der Waals surface area contributed by atoms with Crippen molar-refractivity contribution in [2.75, 3.05) is 6.61 Å². The summed E-state index contributed by atoms with van der Waals surface area (Å²) in [5, 5.41) is 0. The summed E-state index contributed by atoms with van der Waals surface area (Å²) in [6.45, 7) is 0.645. The number of para-hydroxylation sites is 1. The number of ether oxygens (including phenoxy) is 1. The Morgan fingerprint density at radius 2 is 2.17 bits per heavy atom. The summed E-state index contributed by atoms with van der Waals surface area (Å²) in [6.07, 6.45) is 3.56. The molecule has 0 saturated carbocycles. The van der Waals surface area contributed by atoms with E-state index in [2.05, 4.69) is 21.0 Å². The standard InChI is InChI=1S/C14H11N3O/c1-2-4-13-9(3-1)10(8-18-13)14-16-11-5-6-15-7-12(11)17-14/h1-7,10H,8H2,(H,16,17). The highest BCUT2D eigenvalue weighted by atomic mass is 16.5. The van der Waals surface area contributed by atoms with Crippen LogP contribution in [0.1, 0.15) is 17.3 Å². The molecule has 2 aromatic heterocycles. The van der Waals surface area contributed by atoms with E-state index in [4.69, 9.17) is 4.74 Å². The topological polar surface area (TPSA) is 50.8 Å². The lowest BCUT2D eigenvalue weighted by Gasteiger charge is -2.03. The van der Waals surface area contributed by atoms with Gasteiger partial charge < -0.3 is 9.72 Å². The van der Waals surface area contributed by atoms with E-state index in [0.29, 0.717) is 6.61 Å². The quantitative estimate of drug-likeness (QED) is 0.707. The molecule has 0 amide bonds. The van der Waals surface area contributed by atoms with Crippen LogP contribution in [0.2, 0.25) is 0 Å². The fourth-order valence-electron chi connectivity index (χ4n) is 2.43. The van der Waals surface area contributed by atoms with Gasteiger partial charge in [-0.15, -0.1) is 0 Å². The predicted molar refractivity (Wildman–Crippen MR) is 67.7 cm³/mol. The van der Waals surface area contributed by atoms with Gasteiger partial charge in [0.2, 0.25) is 0 Å². The molecule has 1 atom stereocenters. The number of fused-ring (bicyclic) bond motifs is 2. The van der Waals surface area contributed by atoms with Gasteiger partial charge in [-0.05, 0) is 12.1 Å². The zero-order valence-electron chi connectivity index (χ0n) is 9.63. The van der Waals surface area contributed by atoms with E-state index in [1.54, 1.807) is 12.4 Å². The first-order valence-electron chi connectivity index (χ1n) is 5.93. The molecule has 18 heavy (non-hydrogen) atoms. The average molecular weight is 237 g/mol. The second-order valence-electron chi connectivity index (χ2n) is 4.42. The van der Waals surface area contributed by atoms with Crippen LogP contribution in [-0.2, 0) is 0 Å². The van der Waals surface area contributed by atoms with Gasteiger partial charge in [-0.1, -0.05) is 18.2 Å². The molecule has 0 bridgehead atoms. The molecule has 4 heteroatoms. The molecule has 4 rings (SSSR count). The Morgan fingerprint density at radius 3 is 3.11 bits per heavy atom. The fourth-order valence-corrected chi connectivity index (χ4v) is 2.43. The minimum absolute atomic E-state index is 0.189. The van der Waals surface area contributed by atoms with Gasteiger partial charge in [-0.25, -0.2) is 4.98 Å². The maximum Gasteiger partial charge on any atom is 0.123 e. The SMILES string of the molecule is c1ccc2c(c1)OCC2c1nc2ccncc2[nH]1. The lowest BCUT2D eigenvalue weighted by Crippen LogP contribution is -2.04. The van der Waals surface area contributed by atoms with Crippen LogP contribution in [0.15, 0.2) is 42.7 Å². The number of hydrogen-bond acceptors (Lipinski definition) is 3. The summed E-state index contributed by atoms with van der Waals surface area (Å²) in [5.41, 5.74) is 3.12. The van der Waals surface area contributed by atoms with Crippen LogP contribution in [0.4, 0.5) is 0 Å². The number of hydrogen-bond donors (Lipinski definition) is 1. The molecule has 88 valence electrons. The Kier molecular flexibility index (Phi) is 1.91. The number of benzene rings is 1. The number of aromatic amines is 1. The van der Waals surface area contributed by atoms with Crippen molar-refractivity contribution in [3.05, 3.63) is 54.1 Å². The summed E-state index contributed by atoms with van der Waals surface area (Å²) in [4.78, 5) is 12.0. The van der Waals surface area contributed by atoms with Gasteiger partial charge in [0.25, 0.3) is 0 Å². The minimum Gasteiger partial charge on any atom is -0.492 e. The van der Waals surface area contributed by atoms with Gasteiger partial charge in [-0.3, -0.25) is 4.98 Å². The van der Waals surface area contributed by atoms with Crippen molar-refractivity contribution in [3.63, 3.8) is 0 Å². The smallest absolute Gasteiger partial charge is 0.123 e. The highest BCUT2D eigenvalue weighted by Gasteiger charge is 2.27. The fraction of sp³-hybridized carbons (Fsp3) is 0.143. The second-order valence-corrected chi connectivity index (χ2v) is 4.42. The molecule has 0 fully saturated rings. The Labute approximate surface area is 104 Å². The van der Waals surface area contributed by atoms with E-state index < -0.39 is 0 Å². The molecule has 0 radical (unpaired) electrons. The molecule has 1 unspecified atom stereocenters. The van der Waals surface area contributed by atoms with Gasteiger partial charge in [0.15, 0.2) is 0 Å². The third-order valence-electron chi connectivity index (χ3n) is 3.33. The maximum absolute atomic E-state index is 5.69. The van der Waals surface area contributed by atoms with Gasteiger partial charge in [-0.2, -0.15) is 0 Å². The number of H-pyrrole nitrogens is 1. The Morgan fingerprint density at radius 1 is 1.22 bits per heavy atom. The first-order chi connectivity index (χ1) is 8.92. The zero-order chi connectivity index (χ0) is 11.9. The third kappa shape index (κ3) is 1.32. The molecule has 0 aliphatic carbocycles. The van der Waals surface area contributed by atoms with Crippen molar-refractivity contribution in [1.29, 1.82) is 0 Å². The van der Waals surface area contributed by atoms with Gasteiger partial charge in [0, 0.05) is 11.8 Å². The van der Waals surface area contributed by atoms with Crippen LogP contribution in [0.25, 0.3) is 11.0 Å². The van der Waals surface area contributed by atoms with Gasteiger partial charge in [0.05, 0.1) is 23.1 Å². The van der Waals surface area contributed by atoms with Crippen LogP contribution in [0.3, 0.4) is 0 Å². The average Bonchev–Trinajstić information content (AvgIpc) is 3.02. The van der Waals surface area contributed by atoms with Crippen molar-refractivity contribution >= 4 is 11.0 Å². The largest absolute Gasteiger partial charge is 0.492 e. The minimum atomic E-state index is 0.189. The number of rotatable bonds is 1. The van der Waals surface area contributed by atoms with Crippen molar-refractivity contribution in [1.82, 2.24) is 15.0 Å². The molecule has 0 saturated heterocycles. The van der Waals surface area contributed by atoms with Crippen LogP contribution in [0.5, 0.6) is 5.75 Å². The summed E-state index contributed by atoms with van der Waals surface area (Å²) >= 11 is 0. The van der Waals surface area contributed by atoms with Gasteiger partial charge >= 0.3 is 0 Å². The van der Waals surface area contributed by atoms with Crippen LogP contribution in [0, 0.1) is 0 Å². The molecule has 1 aliphatic heterocycles. The highest BCUT2D eigenvalue weighted by molar-refractivity contribution is 5.73. The molecule has 1 N–H and O–H groups in total. The summed E-state index contributed by atoms with van der Waals surface area (Å²) in [5.74, 6) is 2.10. The summed E-state index contributed by atoms with van der Waals surface area (Å²) in [7, 11) is 0. The zero-order valence-corrected chi connectivity index (χ0v) is 9.63. The van der Waals surface area contributed by atoms with E-state index in [0.717, 1.165) is 22.6 Å². The molecule has 3 aromatic rings. The number of imidazole rings is 1. The normalized spacial score (nSPS) is 17.7. The number of pyridine rings is 1. The predicted octanol–water partition coefficient (Wildman–Crippen LogP) is 2.48. The Bertz CT molecular complexity index is 687.